The fraction of sp³-hybridized carbons (Fsp3) is 0.188. The van der Waals surface area contributed by atoms with Gasteiger partial charge in [0.1, 0.15) is 11.6 Å². The maximum atomic E-state index is 13.2. The second kappa shape index (κ2) is 6.34. The monoisotopic (exact) mass is 298 g/mol. The van der Waals surface area contributed by atoms with Crippen LogP contribution < -0.4 is 5.32 Å². The highest BCUT2D eigenvalue weighted by molar-refractivity contribution is 5.60. The topological polar surface area (TPSA) is 63.8 Å². The van der Waals surface area contributed by atoms with E-state index in [-0.39, 0.29) is 5.82 Å². The molecule has 0 radical (unpaired) electrons. The van der Waals surface area contributed by atoms with Crippen molar-refractivity contribution in [2.45, 2.75) is 13.3 Å². The average molecular weight is 298 g/mol. The predicted molar refractivity (Wildman–Crippen MR) is 81.7 cm³/mol. The first-order chi connectivity index (χ1) is 10.8. The zero-order valence-corrected chi connectivity index (χ0v) is 12.1. The zero-order chi connectivity index (χ0) is 15.4. The fourth-order valence-corrected chi connectivity index (χ4v) is 1.96. The zero-order valence-electron chi connectivity index (χ0n) is 12.1. The Kier molecular flexibility index (Phi) is 4.09. The molecular weight excluding hydrogens is 283 g/mol. The van der Waals surface area contributed by atoms with Crippen LogP contribution in [0.4, 0.5) is 10.2 Å². The lowest BCUT2D eigenvalue weighted by molar-refractivity contribution is 0.432. The summed E-state index contributed by atoms with van der Waals surface area (Å²) in [5.74, 6) is 1.17. The van der Waals surface area contributed by atoms with E-state index in [2.05, 4.69) is 27.4 Å². The van der Waals surface area contributed by atoms with Crippen molar-refractivity contribution in [3.05, 3.63) is 48.4 Å². The number of nitrogens with one attached hydrogen (secondary N) is 1. The molecule has 0 unspecified atom stereocenters. The van der Waals surface area contributed by atoms with E-state index < -0.39 is 0 Å². The Labute approximate surface area is 127 Å². The molecule has 0 aliphatic rings. The largest absolute Gasteiger partial charge is 0.370 e. The van der Waals surface area contributed by atoms with E-state index in [9.17, 15) is 4.39 Å². The summed E-state index contributed by atoms with van der Waals surface area (Å²) in [5.41, 5.74) is 1.29. The van der Waals surface area contributed by atoms with E-state index >= 15 is 0 Å². The minimum Gasteiger partial charge on any atom is -0.370 e. The lowest BCUT2D eigenvalue weighted by Gasteiger charge is -2.02. The molecule has 0 spiro atoms. The first-order valence-electron chi connectivity index (χ1n) is 7.06. The van der Waals surface area contributed by atoms with Crippen molar-refractivity contribution in [1.82, 2.24) is 15.1 Å². The van der Waals surface area contributed by atoms with Crippen molar-refractivity contribution >= 4 is 5.82 Å². The average Bonchev–Trinajstić information content (AvgIpc) is 3.03. The fourth-order valence-electron chi connectivity index (χ4n) is 1.96. The molecule has 0 bridgehead atoms. The number of rotatable bonds is 5. The number of hydrogen-bond acceptors (Lipinski definition) is 5. The van der Waals surface area contributed by atoms with E-state index in [4.69, 9.17) is 4.52 Å². The summed E-state index contributed by atoms with van der Waals surface area (Å²) in [6.45, 7) is 2.96. The summed E-state index contributed by atoms with van der Waals surface area (Å²) in [6.07, 6.45) is 2.70. The van der Waals surface area contributed by atoms with Crippen molar-refractivity contribution < 1.29 is 8.91 Å². The van der Waals surface area contributed by atoms with Crippen molar-refractivity contribution in [1.29, 1.82) is 0 Å². The van der Waals surface area contributed by atoms with Gasteiger partial charge in [0.15, 0.2) is 0 Å². The molecule has 0 fully saturated rings. The molecule has 0 saturated carbocycles. The van der Waals surface area contributed by atoms with Gasteiger partial charge in [-0.1, -0.05) is 24.2 Å². The summed E-state index contributed by atoms with van der Waals surface area (Å²) >= 11 is 0. The van der Waals surface area contributed by atoms with Gasteiger partial charge in [-0.05, 0) is 30.7 Å². The molecule has 1 aromatic carbocycles. The summed E-state index contributed by atoms with van der Waals surface area (Å²) in [4.78, 5) is 8.57. The van der Waals surface area contributed by atoms with Gasteiger partial charge in [-0.15, -0.1) is 0 Å². The molecule has 0 aliphatic heterocycles. The van der Waals surface area contributed by atoms with Gasteiger partial charge in [-0.25, -0.2) is 9.37 Å². The summed E-state index contributed by atoms with van der Waals surface area (Å²) < 4.78 is 18.4. The Morgan fingerprint density at radius 3 is 2.82 bits per heavy atom. The molecule has 3 aromatic rings. The van der Waals surface area contributed by atoms with Crippen LogP contribution in [0.1, 0.15) is 13.3 Å². The Bertz CT molecular complexity index is 755. The third kappa shape index (κ3) is 3.11. The summed E-state index contributed by atoms with van der Waals surface area (Å²) in [7, 11) is 0. The maximum absolute atomic E-state index is 13.2. The number of hydrogen-bond donors (Lipinski definition) is 1. The quantitative estimate of drug-likeness (QED) is 0.777. The highest BCUT2D eigenvalue weighted by atomic mass is 19.1. The summed E-state index contributed by atoms with van der Waals surface area (Å²) in [5, 5.41) is 7.07. The van der Waals surface area contributed by atoms with Crippen molar-refractivity contribution in [2.75, 3.05) is 11.9 Å². The number of aromatic nitrogens is 3. The van der Waals surface area contributed by atoms with E-state index in [0.717, 1.165) is 24.3 Å². The van der Waals surface area contributed by atoms with Crippen LogP contribution in [0.15, 0.2) is 47.1 Å². The summed E-state index contributed by atoms with van der Waals surface area (Å²) in [6, 6.07) is 9.79. The SMILES string of the molecule is CCCNc1ccc(-c2nc(-c3cccc(F)c3)no2)cn1. The molecule has 2 heterocycles. The molecule has 112 valence electrons. The van der Waals surface area contributed by atoms with Crippen LogP contribution in [0.2, 0.25) is 0 Å². The van der Waals surface area contributed by atoms with Crippen molar-refractivity contribution in [2.24, 2.45) is 0 Å². The third-order valence-corrected chi connectivity index (χ3v) is 3.08. The van der Waals surface area contributed by atoms with Gasteiger partial charge in [0.25, 0.3) is 5.89 Å². The van der Waals surface area contributed by atoms with Crippen LogP contribution in [0.25, 0.3) is 22.8 Å². The first kappa shape index (κ1) is 14.2. The molecule has 0 amide bonds. The smallest absolute Gasteiger partial charge is 0.259 e. The standard InChI is InChI=1S/C16H15FN4O/c1-2-8-18-14-7-6-12(10-19-14)16-20-15(21-22-16)11-4-3-5-13(17)9-11/h3-7,9-10H,2,8H2,1H3,(H,18,19). The molecule has 22 heavy (non-hydrogen) atoms. The number of anilines is 1. The second-order valence-electron chi connectivity index (χ2n) is 4.79. The van der Waals surface area contributed by atoms with Crippen molar-refractivity contribution in [3.63, 3.8) is 0 Å². The number of nitrogens with zero attached hydrogens (tertiary/aromatic N) is 3. The Morgan fingerprint density at radius 2 is 2.09 bits per heavy atom. The van der Waals surface area contributed by atoms with E-state index in [0.29, 0.717) is 17.3 Å². The van der Waals surface area contributed by atoms with Crippen LogP contribution in [0.3, 0.4) is 0 Å². The molecule has 0 atom stereocenters. The lowest BCUT2D eigenvalue weighted by Crippen LogP contribution is -2.01. The molecule has 6 heteroatoms. The molecule has 2 aromatic heterocycles. The third-order valence-electron chi connectivity index (χ3n) is 3.08. The molecule has 5 nitrogen and oxygen atoms in total. The van der Waals surface area contributed by atoms with E-state index in [1.807, 2.05) is 12.1 Å². The van der Waals surface area contributed by atoms with Gasteiger partial charge in [0.05, 0.1) is 5.56 Å². The van der Waals surface area contributed by atoms with Crippen LogP contribution in [0, 0.1) is 5.82 Å². The Balaban J connectivity index is 1.81. The molecule has 0 aliphatic carbocycles. The second-order valence-corrected chi connectivity index (χ2v) is 4.79. The van der Waals surface area contributed by atoms with Crippen LogP contribution in [0.5, 0.6) is 0 Å². The highest BCUT2D eigenvalue weighted by Gasteiger charge is 2.11. The maximum Gasteiger partial charge on any atom is 0.259 e. The van der Waals surface area contributed by atoms with E-state index in [1.165, 1.54) is 12.1 Å². The minimum absolute atomic E-state index is 0.336. The number of pyridine rings is 1. The van der Waals surface area contributed by atoms with Gasteiger partial charge in [0, 0.05) is 18.3 Å². The van der Waals surface area contributed by atoms with Gasteiger partial charge >= 0.3 is 0 Å². The molecule has 1 N–H and O–H groups in total. The number of benzene rings is 1. The van der Waals surface area contributed by atoms with E-state index in [1.54, 1.807) is 18.3 Å². The molecule has 3 rings (SSSR count). The van der Waals surface area contributed by atoms with Gasteiger partial charge in [0.2, 0.25) is 5.82 Å². The van der Waals surface area contributed by atoms with Crippen molar-refractivity contribution in [3.8, 4) is 22.8 Å². The van der Waals surface area contributed by atoms with Crippen LogP contribution in [-0.2, 0) is 0 Å². The first-order valence-corrected chi connectivity index (χ1v) is 7.06. The Morgan fingerprint density at radius 1 is 1.18 bits per heavy atom. The normalized spacial score (nSPS) is 10.6. The van der Waals surface area contributed by atoms with Crippen LogP contribution >= 0.6 is 0 Å². The van der Waals surface area contributed by atoms with Gasteiger partial charge in [-0.3, -0.25) is 0 Å². The number of halogens is 1. The van der Waals surface area contributed by atoms with Gasteiger partial charge < -0.3 is 9.84 Å². The van der Waals surface area contributed by atoms with Crippen LogP contribution in [-0.4, -0.2) is 21.7 Å². The minimum atomic E-state index is -0.336. The van der Waals surface area contributed by atoms with Gasteiger partial charge in [-0.2, -0.15) is 4.98 Å². The lowest BCUT2D eigenvalue weighted by atomic mass is 10.2. The highest BCUT2D eigenvalue weighted by Crippen LogP contribution is 2.22. The molecule has 0 saturated heterocycles. The molecular formula is C16H15FN4O. The predicted octanol–water partition coefficient (Wildman–Crippen LogP) is 3.76. The Hall–Kier alpha value is -2.76.